The van der Waals surface area contributed by atoms with Gasteiger partial charge in [0, 0.05) is 33.8 Å². The van der Waals surface area contributed by atoms with Gasteiger partial charge in [-0.1, -0.05) is 12.1 Å². The summed E-state index contributed by atoms with van der Waals surface area (Å²) in [4.78, 5) is 16.5. The van der Waals surface area contributed by atoms with Crippen LogP contribution in [0.15, 0.2) is 24.3 Å². The topological polar surface area (TPSA) is 44.8 Å². The number of anilines is 2. The van der Waals surface area contributed by atoms with E-state index < -0.39 is 0 Å². The Morgan fingerprint density at radius 2 is 1.91 bits per heavy atom. The molecule has 1 aliphatic rings. The third-order valence-corrected chi connectivity index (χ3v) is 3.52. The highest BCUT2D eigenvalue weighted by Gasteiger charge is 2.22. The normalized spacial score (nSPS) is 13.5. The number of hydrogen-bond donors (Lipinski definition) is 1. The van der Waals surface area contributed by atoms with Crippen molar-refractivity contribution < 1.29 is 9.53 Å². The molecule has 1 aromatic carbocycles. The summed E-state index contributed by atoms with van der Waals surface area (Å²) >= 11 is 0. The van der Waals surface area contributed by atoms with Crippen molar-refractivity contribution in [2.75, 3.05) is 56.7 Å². The number of nitrogens with zero attached hydrogens (tertiary/aromatic N) is 2. The average molecular weight is 350 g/mol. The fourth-order valence-electron chi connectivity index (χ4n) is 2.45. The zero-order valence-corrected chi connectivity index (χ0v) is 14.7. The molecule has 0 radical (unpaired) electrons. The van der Waals surface area contributed by atoms with Crippen molar-refractivity contribution in [1.82, 2.24) is 5.32 Å². The van der Waals surface area contributed by atoms with Gasteiger partial charge in [-0.15, -0.1) is 24.8 Å². The molecule has 0 aliphatic carbocycles. The van der Waals surface area contributed by atoms with Crippen LogP contribution >= 0.6 is 24.8 Å². The quantitative estimate of drug-likeness (QED) is 0.825. The minimum absolute atomic E-state index is 0. The Morgan fingerprint density at radius 3 is 2.59 bits per heavy atom. The van der Waals surface area contributed by atoms with Gasteiger partial charge < -0.3 is 19.9 Å². The molecular formula is C15H25Cl2N3O2. The van der Waals surface area contributed by atoms with Gasteiger partial charge in [0.1, 0.15) is 0 Å². The molecule has 1 amide bonds. The van der Waals surface area contributed by atoms with Gasteiger partial charge in [-0.05, 0) is 18.6 Å². The Bertz CT molecular complexity index is 460. The first kappa shape index (κ1) is 21.0. The second-order valence-electron chi connectivity index (χ2n) is 4.98. The molecule has 0 fully saturated rings. The lowest BCUT2D eigenvalue weighted by molar-refractivity contribution is -0.117. The highest BCUT2D eigenvalue weighted by atomic mass is 35.5. The molecule has 1 N–H and O–H groups in total. The van der Waals surface area contributed by atoms with Gasteiger partial charge in [0.2, 0.25) is 5.91 Å². The number of halogens is 2. The maximum absolute atomic E-state index is 12.4. The highest BCUT2D eigenvalue weighted by Crippen LogP contribution is 2.31. The molecule has 5 nitrogen and oxygen atoms in total. The first-order chi connectivity index (χ1) is 9.74. The molecule has 1 aromatic rings. The van der Waals surface area contributed by atoms with E-state index in [-0.39, 0.29) is 30.7 Å². The summed E-state index contributed by atoms with van der Waals surface area (Å²) in [6.07, 6.45) is 0.981. The Kier molecular flexibility index (Phi) is 10.2. The molecule has 0 saturated heterocycles. The highest BCUT2D eigenvalue weighted by molar-refractivity contribution is 5.98. The fourth-order valence-corrected chi connectivity index (χ4v) is 2.45. The maximum atomic E-state index is 12.4. The molecule has 0 saturated carbocycles. The summed E-state index contributed by atoms with van der Waals surface area (Å²) in [6, 6.07) is 8.08. The minimum Gasteiger partial charge on any atom is -0.383 e. The first-order valence-corrected chi connectivity index (χ1v) is 7.04. The van der Waals surface area contributed by atoms with E-state index in [1.54, 1.807) is 7.11 Å². The predicted molar refractivity (Wildman–Crippen MR) is 95.9 cm³/mol. The lowest BCUT2D eigenvalue weighted by atomic mass is 10.2. The minimum atomic E-state index is 0. The van der Waals surface area contributed by atoms with Crippen LogP contribution in [-0.2, 0) is 9.53 Å². The standard InChI is InChI=1S/C15H23N3O2.2ClH/c1-17-9-5-10-18(14-7-4-3-6-13(14)17)15(19)12-16-8-11-20-2;;/h3-4,6-7,16H,5,8-12H2,1-2H3;2*1H. The van der Waals surface area contributed by atoms with E-state index in [0.29, 0.717) is 19.7 Å². The van der Waals surface area contributed by atoms with Gasteiger partial charge in [0.05, 0.1) is 24.5 Å². The van der Waals surface area contributed by atoms with Crippen LogP contribution in [-0.4, -0.2) is 52.9 Å². The summed E-state index contributed by atoms with van der Waals surface area (Å²) < 4.78 is 4.97. The SMILES string of the molecule is COCCNCC(=O)N1CCCN(C)c2ccccc21.Cl.Cl. The van der Waals surface area contributed by atoms with Crippen molar-refractivity contribution in [2.45, 2.75) is 6.42 Å². The number of methoxy groups -OCH3 is 1. The lowest BCUT2D eigenvalue weighted by Gasteiger charge is -2.24. The summed E-state index contributed by atoms with van der Waals surface area (Å²) in [5, 5.41) is 3.12. The van der Waals surface area contributed by atoms with Crippen LogP contribution in [0.2, 0.25) is 0 Å². The number of amides is 1. The molecule has 0 unspecified atom stereocenters. The Hall–Kier alpha value is -1.01. The number of nitrogens with one attached hydrogen (secondary N) is 1. The molecule has 2 rings (SSSR count). The molecule has 126 valence electrons. The largest absolute Gasteiger partial charge is 0.383 e. The maximum Gasteiger partial charge on any atom is 0.241 e. The van der Waals surface area contributed by atoms with Gasteiger partial charge in [0.25, 0.3) is 0 Å². The number of rotatable bonds is 5. The Balaban J connectivity index is 0.00000220. The lowest BCUT2D eigenvalue weighted by Crippen LogP contribution is -2.39. The van der Waals surface area contributed by atoms with E-state index >= 15 is 0 Å². The number of fused-ring (bicyclic) bond motifs is 1. The van der Waals surface area contributed by atoms with Crippen molar-refractivity contribution in [3.63, 3.8) is 0 Å². The molecule has 0 spiro atoms. The molecule has 0 bridgehead atoms. The van der Waals surface area contributed by atoms with E-state index in [1.165, 1.54) is 0 Å². The molecule has 7 heteroatoms. The van der Waals surface area contributed by atoms with Crippen LogP contribution in [0.4, 0.5) is 11.4 Å². The fraction of sp³-hybridized carbons (Fsp3) is 0.533. The number of carbonyl (C=O) groups is 1. The van der Waals surface area contributed by atoms with Gasteiger partial charge in [-0.25, -0.2) is 0 Å². The number of para-hydroxylation sites is 2. The van der Waals surface area contributed by atoms with Crippen LogP contribution in [0.25, 0.3) is 0 Å². The summed E-state index contributed by atoms with van der Waals surface area (Å²) in [5.41, 5.74) is 2.13. The van der Waals surface area contributed by atoms with Crippen molar-refractivity contribution in [1.29, 1.82) is 0 Å². The van der Waals surface area contributed by atoms with Gasteiger partial charge >= 0.3 is 0 Å². The van der Waals surface area contributed by atoms with Crippen LogP contribution in [0, 0.1) is 0 Å². The second-order valence-corrected chi connectivity index (χ2v) is 4.98. The predicted octanol–water partition coefficient (Wildman–Crippen LogP) is 1.94. The monoisotopic (exact) mass is 349 g/mol. The summed E-state index contributed by atoms with van der Waals surface area (Å²) in [6.45, 7) is 3.40. The van der Waals surface area contributed by atoms with E-state index in [4.69, 9.17) is 4.74 Å². The van der Waals surface area contributed by atoms with Crippen LogP contribution in [0.1, 0.15) is 6.42 Å². The first-order valence-electron chi connectivity index (χ1n) is 7.04. The number of benzene rings is 1. The summed E-state index contributed by atoms with van der Waals surface area (Å²) in [7, 11) is 3.73. The van der Waals surface area contributed by atoms with Crippen molar-refractivity contribution >= 4 is 42.1 Å². The van der Waals surface area contributed by atoms with E-state index in [9.17, 15) is 4.79 Å². The second kappa shape index (κ2) is 10.7. The number of carbonyl (C=O) groups excluding carboxylic acids is 1. The zero-order chi connectivity index (χ0) is 14.4. The van der Waals surface area contributed by atoms with Crippen LogP contribution < -0.4 is 15.1 Å². The third-order valence-electron chi connectivity index (χ3n) is 3.52. The smallest absolute Gasteiger partial charge is 0.241 e. The average Bonchev–Trinajstić information content (AvgIpc) is 2.63. The Morgan fingerprint density at radius 1 is 1.23 bits per heavy atom. The van der Waals surface area contributed by atoms with Gasteiger partial charge in [0.15, 0.2) is 0 Å². The molecule has 1 aliphatic heterocycles. The van der Waals surface area contributed by atoms with Crippen molar-refractivity contribution in [3.8, 4) is 0 Å². The number of hydrogen-bond acceptors (Lipinski definition) is 4. The molecule has 22 heavy (non-hydrogen) atoms. The van der Waals surface area contributed by atoms with Gasteiger partial charge in [-0.3, -0.25) is 4.79 Å². The zero-order valence-electron chi connectivity index (χ0n) is 13.1. The number of ether oxygens (including phenoxy) is 1. The van der Waals surface area contributed by atoms with E-state index in [1.807, 2.05) is 23.1 Å². The van der Waals surface area contributed by atoms with Crippen LogP contribution in [0.5, 0.6) is 0 Å². The Labute approximate surface area is 144 Å². The molecular weight excluding hydrogens is 325 g/mol. The molecule has 1 heterocycles. The third kappa shape index (κ3) is 5.32. The molecule has 0 atom stereocenters. The van der Waals surface area contributed by atoms with Crippen LogP contribution in [0.3, 0.4) is 0 Å². The van der Waals surface area contributed by atoms with E-state index in [2.05, 4.69) is 23.3 Å². The van der Waals surface area contributed by atoms with Crippen molar-refractivity contribution in [3.05, 3.63) is 24.3 Å². The van der Waals surface area contributed by atoms with Gasteiger partial charge in [-0.2, -0.15) is 0 Å². The van der Waals surface area contributed by atoms with E-state index in [0.717, 1.165) is 30.9 Å². The molecule has 0 aromatic heterocycles. The summed E-state index contributed by atoms with van der Waals surface area (Å²) in [5.74, 6) is 0.115. The van der Waals surface area contributed by atoms with Crippen molar-refractivity contribution in [2.24, 2.45) is 0 Å².